The first-order valence-corrected chi connectivity index (χ1v) is 14.2. The molecule has 10 heteroatoms. The topological polar surface area (TPSA) is 103 Å². The van der Waals surface area contributed by atoms with Crippen molar-refractivity contribution in [2.75, 3.05) is 56.6 Å². The maximum Gasteiger partial charge on any atom is 0.338 e. The number of halogens is 1. The Morgan fingerprint density at radius 2 is 1.49 bits per heavy atom. The summed E-state index contributed by atoms with van der Waals surface area (Å²) in [5.41, 5.74) is 11.4. The molecule has 41 heavy (non-hydrogen) atoms. The molecular formula is C31H34ClN5O4. The van der Waals surface area contributed by atoms with Crippen molar-refractivity contribution >= 4 is 45.9 Å². The summed E-state index contributed by atoms with van der Waals surface area (Å²) in [6, 6.07) is 18.5. The predicted molar refractivity (Wildman–Crippen MR) is 162 cm³/mol. The molecule has 2 heterocycles. The lowest BCUT2D eigenvalue weighted by atomic mass is 10.1. The van der Waals surface area contributed by atoms with Crippen molar-refractivity contribution in [1.82, 2.24) is 14.5 Å². The fraction of sp³-hybridized carbons (Fsp3) is 0.323. The van der Waals surface area contributed by atoms with Crippen LogP contribution >= 0.6 is 11.6 Å². The molecule has 1 aromatic heterocycles. The van der Waals surface area contributed by atoms with Gasteiger partial charge in [-0.25, -0.2) is 14.6 Å². The van der Waals surface area contributed by atoms with E-state index in [1.165, 1.54) is 0 Å². The molecular weight excluding hydrogens is 542 g/mol. The summed E-state index contributed by atoms with van der Waals surface area (Å²) < 4.78 is 12.5. The number of carbonyl (C=O) groups is 2. The van der Waals surface area contributed by atoms with E-state index in [9.17, 15) is 9.59 Å². The van der Waals surface area contributed by atoms with Crippen LogP contribution in [0, 0.1) is 0 Å². The number of carbonyl (C=O) groups excluding carboxylic acids is 2. The molecule has 2 N–H and O–H groups in total. The van der Waals surface area contributed by atoms with E-state index >= 15 is 0 Å². The molecule has 0 radical (unpaired) electrons. The monoisotopic (exact) mass is 575 g/mol. The van der Waals surface area contributed by atoms with Gasteiger partial charge in [0.2, 0.25) is 0 Å². The number of piperazine rings is 1. The highest BCUT2D eigenvalue weighted by atomic mass is 35.5. The number of benzene rings is 3. The van der Waals surface area contributed by atoms with E-state index in [-0.39, 0.29) is 11.9 Å². The van der Waals surface area contributed by atoms with Crippen molar-refractivity contribution in [1.29, 1.82) is 0 Å². The first-order chi connectivity index (χ1) is 19.9. The van der Waals surface area contributed by atoms with Gasteiger partial charge in [0.15, 0.2) is 0 Å². The van der Waals surface area contributed by atoms with E-state index < -0.39 is 0 Å². The maximum atomic E-state index is 12.3. The van der Waals surface area contributed by atoms with Gasteiger partial charge in [-0.2, -0.15) is 0 Å². The number of fused-ring (bicyclic) bond motifs is 1. The predicted octanol–water partition coefficient (Wildman–Crippen LogP) is 5.11. The molecule has 1 saturated heterocycles. The Hall–Kier alpha value is -4.08. The van der Waals surface area contributed by atoms with Crippen LogP contribution in [-0.2, 0) is 16.0 Å². The summed E-state index contributed by atoms with van der Waals surface area (Å²) in [6.07, 6.45) is 0. The lowest BCUT2D eigenvalue weighted by Gasteiger charge is -2.36. The normalized spacial score (nSPS) is 13.9. The number of ether oxygens (including phenoxy) is 2. The molecule has 0 spiro atoms. The molecule has 1 fully saturated rings. The second-order valence-corrected chi connectivity index (χ2v) is 10.3. The SMILES string of the molecule is CCOC(=O)c1ccc(N2CCN(CCn3c(-c4ccc(Cl)cc4)nc4cc(C(=O)OCC)ccc43)CC2)c(N)c1. The zero-order valence-electron chi connectivity index (χ0n) is 23.3. The molecule has 1 aliphatic rings. The summed E-state index contributed by atoms with van der Waals surface area (Å²) in [7, 11) is 0. The van der Waals surface area contributed by atoms with Crippen LogP contribution in [0.4, 0.5) is 11.4 Å². The number of rotatable bonds is 9. The third-order valence-corrected chi connectivity index (χ3v) is 7.51. The quantitative estimate of drug-likeness (QED) is 0.217. The van der Waals surface area contributed by atoms with Gasteiger partial charge in [-0.3, -0.25) is 4.90 Å². The zero-order valence-corrected chi connectivity index (χ0v) is 24.1. The minimum Gasteiger partial charge on any atom is -0.462 e. The van der Waals surface area contributed by atoms with Crippen LogP contribution in [0.5, 0.6) is 0 Å². The standard InChI is InChI=1S/C31H34ClN5O4/c1-3-40-30(38)22-7-11-27(25(33)19-22)36-16-13-35(14-17-36)15-18-37-28-12-8-23(31(39)41-4-2)20-26(28)34-29(37)21-5-9-24(32)10-6-21/h5-12,19-20H,3-4,13-18,33H2,1-2H3. The molecule has 4 aromatic rings. The van der Waals surface area contributed by atoms with Gasteiger partial charge in [-0.1, -0.05) is 11.6 Å². The van der Waals surface area contributed by atoms with Gasteiger partial charge < -0.3 is 24.7 Å². The van der Waals surface area contributed by atoms with Crippen molar-refractivity contribution in [2.24, 2.45) is 0 Å². The van der Waals surface area contributed by atoms with E-state index in [1.807, 2.05) is 36.4 Å². The second-order valence-electron chi connectivity index (χ2n) is 9.84. The summed E-state index contributed by atoms with van der Waals surface area (Å²) in [5.74, 6) is 0.106. The number of nitrogens with two attached hydrogens (primary N) is 1. The number of nitrogens with zero attached hydrogens (tertiary/aromatic N) is 4. The summed E-state index contributed by atoms with van der Waals surface area (Å²) >= 11 is 6.15. The van der Waals surface area contributed by atoms with Crippen LogP contribution in [-0.4, -0.2) is 72.3 Å². The average Bonchev–Trinajstić information content (AvgIpc) is 3.34. The molecule has 0 bridgehead atoms. The minimum absolute atomic E-state index is 0.320. The molecule has 214 valence electrons. The highest BCUT2D eigenvalue weighted by molar-refractivity contribution is 6.30. The van der Waals surface area contributed by atoms with Crippen LogP contribution in [0.3, 0.4) is 0 Å². The molecule has 0 atom stereocenters. The third kappa shape index (κ3) is 6.31. The summed E-state index contributed by atoms with van der Waals surface area (Å²) in [6.45, 7) is 9.16. The number of hydrogen-bond acceptors (Lipinski definition) is 8. The molecule has 0 saturated carbocycles. The second kappa shape index (κ2) is 12.6. The van der Waals surface area contributed by atoms with E-state index in [1.54, 1.807) is 38.1 Å². The Bertz CT molecular complexity index is 1540. The molecule has 0 unspecified atom stereocenters. The number of hydrogen-bond donors (Lipinski definition) is 1. The number of nitrogen functional groups attached to an aromatic ring is 1. The van der Waals surface area contributed by atoms with E-state index in [0.717, 1.165) is 67.4 Å². The maximum absolute atomic E-state index is 12.3. The summed E-state index contributed by atoms with van der Waals surface area (Å²) in [4.78, 5) is 34.0. The Morgan fingerprint density at radius 3 is 2.12 bits per heavy atom. The Morgan fingerprint density at radius 1 is 0.854 bits per heavy atom. The number of imidazole rings is 1. The minimum atomic E-state index is -0.363. The Kier molecular flexibility index (Phi) is 8.75. The highest BCUT2D eigenvalue weighted by Gasteiger charge is 2.21. The third-order valence-electron chi connectivity index (χ3n) is 7.25. The number of esters is 2. The van der Waals surface area contributed by atoms with Crippen molar-refractivity contribution in [2.45, 2.75) is 20.4 Å². The van der Waals surface area contributed by atoms with Crippen LogP contribution in [0.25, 0.3) is 22.4 Å². The van der Waals surface area contributed by atoms with Gasteiger partial charge >= 0.3 is 11.9 Å². The smallest absolute Gasteiger partial charge is 0.338 e. The van der Waals surface area contributed by atoms with Crippen LogP contribution in [0.15, 0.2) is 60.7 Å². The molecule has 0 aliphatic carbocycles. The molecule has 0 amide bonds. The fourth-order valence-corrected chi connectivity index (χ4v) is 5.28. The molecule has 1 aliphatic heterocycles. The van der Waals surface area contributed by atoms with Gasteiger partial charge in [-0.15, -0.1) is 0 Å². The van der Waals surface area contributed by atoms with Gasteiger partial charge in [-0.05, 0) is 74.5 Å². The lowest BCUT2D eigenvalue weighted by Crippen LogP contribution is -2.47. The number of aromatic nitrogens is 2. The van der Waals surface area contributed by atoms with Crippen molar-refractivity contribution in [3.63, 3.8) is 0 Å². The van der Waals surface area contributed by atoms with Gasteiger partial charge in [0.05, 0.1) is 46.7 Å². The van der Waals surface area contributed by atoms with Crippen molar-refractivity contribution in [3.8, 4) is 11.4 Å². The van der Waals surface area contributed by atoms with Gasteiger partial charge in [0.1, 0.15) is 5.82 Å². The van der Waals surface area contributed by atoms with Crippen LogP contribution < -0.4 is 10.6 Å². The van der Waals surface area contributed by atoms with Crippen LogP contribution in [0.1, 0.15) is 34.6 Å². The van der Waals surface area contributed by atoms with Gasteiger partial charge in [0.25, 0.3) is 0 Å². The Labute approximate surface area is 244 Å². The van der Waals surface area contributed by atoms with E-state index in [4.69, 9.17) is 31.8 Å². The van der Waals surface area contributed by atoms with E-state index in [0.29, 0.717) is 35.1 Å². The zero-order chi connectivity index (χ0) is 28.9. The largest absolute Gasteiger partial charge is 0.462 e. The van der Waals surface area contributed by atoms with Gasteiger partial charge in [0, 0.05) is 49.9 Å². The van der Waals surface area contributed by atoms with Crippen LogP contribution in [0.2, 0.25) is 5.02 Å². The highest BCUT2D eigenvalue weighted by Crippen LogP contribution is 2.28. The van der Waals surface area contributed by atoms with E-state index in [2.05, 4.69) is 14.4 Å². The first kappa shape index (κ1) is 28.4. The number of anilines is 2. The average molecular weight is 576 g/mol. The fourth-order valence-electron chi connectivity index (χ4n) is 5.15. The Balaban J connectivity index is 1.30. The molecule has 9 nitrogen and oxygen atoms in total. The van der Waals surface area contributed by atoms with Crippen molar-refractivity contribution < 1.29 is 19.1 Å². The lowest BCUT2D eigenvalue weighted by molar-refractivity contribution is 0.0517. The van der Waals surface area contributed by atoms with Crippen molar-refractivity contribution in [3.05, 3.63) is 76.8 Å². The molecule has 3 aromatic carbocycles. The first-order valence-electron chi connectivity index (χ1n) is 13.8. The molecule has 5 rings (SSSR count). The summed E-state index contributed by atoms with van der Waals surface area (Å²) in [5, 5.41) is 0.662.